The van der Waals surface area contributed by atoms with E-state index in [1.807, 2.05) is 6.07 Å². The van der Waals surface area contributed by atoms with E-state index >= 15 is 0 Å². The number of aromatic nitrogens is 1. The predicted octanol–water partition coefficient (Wildman–Crippen LogP) is 2.01. The molecule has 0 aliphatic carbocycles. The number of nitrogens with two attached hydrogens (primary N) is 2. The van der Waals surface area contributed by atoms with Gasteiger partial charge < -0.3 is 15.8 Å². The normalized spacial score (nSPS) is 10.3. The van der Waals surface area contributed by atoms with Crippen LogP contribution in [0.2, 0.25) is 0 Å². The molecule has 0 bridgehead atoms. The summed E-state index contributed by atoms with van der Waals surface area (Å²) < 4.78 is 5.08. The molecule has 0 saturated heterocycles. The molecule has 2 aromatic heterocycles. The van der Waals surface area contributed by atoms with Crippen LogP contribution in [0.3, 0.4) is 0 Å². The molecule has 0 fully saturated rings. The number of nitriles is 1. The molecule has 1 aromatic carbocycles. The molecule has 1 amide bonds. The fourth-order valence-corrected chi connectivity index (χ4v) is 3.24. The molecule has 0 radical (unpaired) electrons. The first kappa shape index (κ1) is 15.6. The van der Waals surface area contributed by atoms with Crippen LogP contribution in [0, 0.1) is 11.3 Å². The molecule has 7 nitrogen and oxygen atoms in total. The summed E-state index contributed by atoms with van der Waals surface area (Å²) in [5.41, 5.74) is 13.1. The Morgan fingerprint density at radius 2 is 2.04 bits per heavy atom. The molecular formula is C16H14N5O2S+. The van der Waals surface area contributed by atoms with Crippen LogP contribution in [0.4, 0.5) is 17.2 Å². The van der Waals surface area contributed by atoms with Crippen LogP contribution in [0.15, 0.2) is 30.3 Å². The standard InChI is InChI=1S/C16H13N5O2S/c1-23-10-4-2-9(3-5-10)20-15(22)13-12(18)11-6-8(7-17)14(19)21-16(11)24-13/h2-6H,18H2,1H3,(H2,19,21)(H,20,22)/p+1. The fourth-order valence-electron chi connectivity index (χ4n) is 2.23. The molecule has 0 spiro atoms. The number of H-pyrrole nitrogens is 1. The van der Waals surface area contributed by atoms with E-state index in [2.05, 4.69) is 10.3 Å². The van der Waals surface area contributed by atoms with Crippen LogP contribution in [0.25, 0.3) is 10.2 Å². The van der Waals surface area contributed by atoms with Gasteiger partial charge in [-0.25, -0.2) is 4.98 Å². The van der Waals surface area contributed by atoms with Crippen molar-refractivity contribution in [2.75, 3.05) is 23.9 Å². The molecular weight excluding hydrogens is 326 g/mol. The van der Waals surface area contributed by atoms with Gasteiger partial charge in [-0.05, 0) is 30.3 Å². The van der Waals surface area contributed by atoms with E-state index in [1.165, 1.54) is 11.3 Å². The topological polar surface area (TPSA) is 128 Å². The second kappa shape index (κ2) is 6.06. The number of nitrogen functional groups attached to an aromatic ring is 2. The first-order valence-corrected chi connectivity index (χ1v) is 7.74. The Morgan fingerprint density at radius 3 is 2.67 bits per heavy atom. The number of anilines is 3. The van der Waals surface area contributed by atoms with Gasteiger partial charge >= 0.3 is 0 Å². The lowest BCUT2D eigenvalue weighted by atomic mass is 10.2. The molecule has 6 N–H and O–H groups in total. The Hall–Kier alpha value is -3.31. The minimum Gasteiger partial charge on any atom is -0.497 e. The van der Waals surface area contributed by atoms with Gasteiger partial charge in [-0.15, -0.1) is 0 Å². The van der Waals surface area contributed by atoms with Crippen molar-refractivity contribution in [2.24, 2.45) is 0 Å². The lowest BCUT2D eigenvalue weighted by Crippen LogP contribution is -2.12. The van der Waals surface area contributed by atoms with Crippen LogP contribution in [0.5, 0.6) is 5.75 Å². The summed E-state index contributed by atoms with van der Waals surface area (Å²) >= 11 is 1.19. The second-order valence-corrected chi connectivity index (χ2v) is 6.00. The summed E-state index contributed by atoms with van der Waals surface area (Å²) in [5, 5.41) is 12.4. The van der Waals surface area contributed by atoms with Crippen molar-refractivity contribution in [2.45, 2.75) is 0 Å². The Kier molecular flexibility index (Phi) is 3.93. The van der Waals surface area contributed by atoms with Gasteiger partial charge in [0.05, 0.1) is 18.2 Å². The number of rotatable bonds is 3. The van der Waals surface area contributed by atoms with Gasteiger partial charge in [-0.1, -0.05) is 11.3 Å². The number of ether oxygens (including phenoxy) is 1. The highest BCUT2D eigenvalue weighted by Crippen LogP contribution is 2.33. The van der Waals surface area contributed by atoms with Gasteiger partial charge in [0, 0.05) is 5.69 Å². The van der Waals surface area contributed by atoms with Gasteiger partial charge in [-0.2, -0.15) is 5.26 Å². The van der Waals surface area contributed by atoms with Crippen molar-refractivity contribution >= 4 is 44.7 Å². The fraction of sp³-hybridized carbons (Fsp3) is 0.0625. The summed E-state index contributed by atoms with van der Waals surface area (Å²) in [6.45, 7) is 0. The maximum atomic E-state index is 12.5. The van der Waals surface area contributed by atoms with Gasteiger partial charge in [-0.3, -0.25) is 10.5 Å². The molecule has 8 heteroatoms. The van der Waals surface area contributed by atoms with E-state index in [0.717, 1.165) is 0 Å². The third kappa shape index (κ3) is 2.68. The van der Waals surface area contributed by atoms with E-state index in [-0.39, 0.29) is 17.3 Å². The highest BCUT2D eigenvalue weighted by atomic mass is 32.1. The largest absolute Gasteiger partial charge is 0.497 e. The molecule has 2 heterocycles. The van der Waals surface area contributed by atoms with Crippen molar-refractivity contribution in [1.29, 1.82) is 5.26 Å². The van der Waals surface area contributed by atoms with Crippen LogP contribution in [-0.2, 0) is 0 Å². The number of methoxy groups -OCH3 is 1. The Bertz CT molecular complexity index is 973. The maximum Gasteiger partial charge on any atom is 0.289 e. The lowest BCUT2D eigenvalue weighted by molar-refractivity contribution is -0.323. The number of nitrogens with zero attached hydrogens (tertiary/aromatic N) is 1. The van der Waals surface area contributed by atoms with Gasteiger partial charge in [0.15, 0.2) is 4.83 Å². The number of benzene rings is 1. The van der Waals surface area contributed by atoms with E-state index in [1.54, 1.807) is 37.4 Å². The Labute approximate surface area is 141 Å². The third-order valence-corrected chi connectivity index (χ3v) is 4.62. The smallest absolute Gasteiger partial charge is 0.289 e. The van der Waals surface area contributed by atoms with Crippen LogP contribution in [0.1, 0.15) is 15.2 Å². The number of fused-ring (bicyclic) bond motifs is 1. The summed E-state index contributed by atoms with van der Waals surface area (Å²) in [7, 11) is 1.57. The molecule has 0 aliphatic heterocycles. The molecule has 0 atom stereocenters. The van der Waals surface area contributed by atoms with Crippen molar-refractivity contribution < 1.29 is 14.5 Å². The summed E-state index contributed by atoms with van der Waals surface area (Å²) in [4.78, 5) is 16.4. The molecule has 0 saturated carbocycles. The minimum absolute atomic E-state index is 0.244. The number of hydrogen-bond acceptors (Lipinski definition) is 6. The number of carbonyl (C=O) groups excluding carboxylic acids is 1. The minimum atomic E-state index is -0.329. The average Bonchev–Trinajstić information content (AvgIpc) is 2.90. The zero-order valence-electron chi connectivity index (χ0n) is 12.7. The van der Waals surface area contributed by atoms with Crippen molar-refractivity contribution in [3.8, 4) is 11.8 Å². The molecule has 0 unspecified atom stereocenters. The van der Waals surface area contributed by atoms with Crippen LogP contribution < -0.4 is 26.5 Å². The van der Waals surface area contributed by atoms with Crippen molar-refractivity contribution in [1.82, 2.24) is 0 Å². The summed E-state index contributed by atoms with van der Waals surface area (Å²) in [6.07, 6.45) is 0. The quantitative estimate of drug-likeness (QED) is 0.672. The van der Waals surface area contributed by atoms with Gasteiger partial charge in [0.2, 0.25) is 0 Å². The lowest BCUT2D eigenvalue weighted by Gasteiger charge is -2.05. The first-order chi connectivity index (χ1) is 11.5. The Morgan fingerprint density at radius 1 is 1.33 bits per heavy atom. The van der Waals surface area contributed by atoms with Crippen LogP contribution in [-0.4, -0.2) is 13.0 Å². The number of carbonyl (C=O) groups is 1. The molecule has 24 heavy (non-hydrogen) atoms. The van der Waals surface area contributed by atoms with Crippen molar-refractivity contribution in [3.05, 3.63) is 40.8 Å². The predicted molar refractivity (Wildman–Crippen MR) is 92.9 cm³/mol. The van der Waals surface area contributed by atoms with Gasteiger partial charge in [0.1, 0.15) is 22.3 Å². The van der Waals surface area contributed by atoms with E-state index < -0.39 is 0 Å². The maximum absolute atomic E-state index is 12.5. The number of hydrogen-bond donors (Lipinski definition) is 3. The SMILES string of the molecule is COc1ccc(NC(=O)c2sc3[nH+]c(N)c(C#N)cc3c2N)cc1. The third-order valence-electron chi connectivity index (χ3n) is 3.49. The summed E-state index contributed by atoms with van der Waals surface area (Å²) in [5.74, 6) is 0.612. The molecule has 3 rings (SSSR count). The monoisotopic (exact) mass is 340 g/mol. The number of thiophene rings is 1. The zero-order valence-corrected chi connectivity index (χ0v) is 13.5. The average molecular weight is 340 g/mol. The Balaban J connectivity index is 1.94. The summed E-state index contributed by atoms with van der Waals surface area (Å²) in [6, 6.07) is 10.5. The molecule has 3 aromatic rings. The number of aromatic amines is 1. The van der Waals surface area contributed by atoms with Crippen LogP contribution >= 0.6 is 11.3 Å². The van der Waals surface area contributed by atoms with Crippen molar-refractivity contribution in [3.63, 3.8) is 0 Å². The van der Waals surface area contributed by atoms with E-state index in [4.69, 9.17) is 21.5 Å². The number of amides is 1. The second-order valence-electron chi connectivity index (χ2n) is 4.98. The van der Waals surface area contributed by atoms with E-state index in [9.17, 15) is 4.79 Å². The number of pyridine rings is 1. The highest BCUT2D eigenvalue weighted by molar-refractivity contribution is 7.20. The molecule has 0 aliphatic rings. The highest BCUT2D eigenvalue weighted by Gasteiger charge is 2.21. The first-order valence-electron chi connectivity index (χ1n) is 6.92. The zero-order chi connectivity index (χ0) is 17.3. The van der Waals surface area contributed by atoms with Gasteiger partial charge in [0.25, 0.3) is 11.7 Å². The molecule has 120 valence electrons. The van der Waals surface area contributed by atoms with E-state index in [0.29, 0.717) is 32.2 Å². The number of nitrogens with one attached hydrogen (secondary N) is 2.